The van der Waals surface area contributed by atoms with Crippen molar-refractivity contribution in [2.75, 3.05) is 0 Å². The summed E-state index contributed by atoms with van der Waals surface area (Å²) in [6.45, 7) is 3.98. The van der Waals surface area contributed by atoms with E-state index in [-0.39, 0.29) is 24.2 Å². The van der Waals surface area contributed by atoms with E-state index in [2.05, 4.69) is 0 Å². The van der Waals surface area contributed by atoms with E-state index in [4.69, 9.17) is 0 Å². The smallest absolute Gasteiger partial charge is 0.162 e. The van der Waals surface area contributed by atoms with E-state index in [1.165, 1.54) is 12.1 Å². The maximum Gasteiger partial charge on any atom is 0.162 e. The van der Waals surface area contributed by atoms with Gasteiger partial charge >= 0.3 is 0 Å². The molecular weight excluding hydrogens is 258 g/mol. The average molecular weight is 274 g/mol. The van der Waals surface area contributed by atoms with Crippen molar-refractivity contribution in [3.8, 4) is 0 Å². The van der Waals surface area contributed by atoms with Crippen LogP contribution in [0.15, 0.2) is 36.4 Å². The third kappa shape index (κ3) is 3.29. The minimum absolute atomic E-state index is 0.0868. The van der Waals surface area contributed by atoms with E-state index < -0.39 is 11.6 Å². The van der Waals surface area contributed by atoms with Crippen LogP contribution in [-0.2, 0) is 17.6 Å². The molecule has 0 aromatic heterocycles. The third-order valence-corrected chi connectivity index (χ3v) is 3.39. The largest absolute Gasteiger partial charge is 0.299 e. The van der Waals surface area contributed by atoms with Gasteiger partial charge in [-0.05, 0) is 42.2 Å². The molecule has 20 heavy (non-hydrogen) atoms. The topological polar surface area (TPSA) is 17.1 Å². The summed E-state index contributed by atoms with van der Waals surface area (Å²) >= 11 is 0. The maximum absolute atomic E-state index is 13.5. The molecule has 0 aliphatic carbocycles. The summed E-state index contributed by atoms with van der Waals surface area (Å²) in [5.74, 6) is -1.97. The maximum atomic E-state index is 13.5. The second-order valence-electron chi connectivity index (χ2n) is 5.02. The van der Waals surface area contributed by atoms with Gasteiger partial charge in [-0.3, -0.25) is 4.79 Å². The highest BCUT2D eigenvalue weighted by Gasteiger charge is 2.12. The SMILES string of the molecule is Cc1ccc(CC(=O)Cc2cccc(F)c2F)cc1C. The summed E-state index contributed by atoms with van der Waals surface area (Å²) in [7, 11) is 0. The Bertz CT molecular complexity index is 647. The molecule has 0 spiro atoms. The number of halogens is 2. The zero-order valence-electron chi connectivity index (χ0n) is 11.5. The van der Waals surface area contributed by atoms with Crippen LogP contribution >= 0.6 is 0 Å². The molecule has 2 aromatic rings. The first-order chi connectivity index (χ1) is 9.47. The van der Waals surface area contributed by atoms with Gasteiger partial charge in [0.05, 0.1) is 0 Å². The number of aryl methyl sites for hydroxylation is 2. The minimum Gasteiger partial charge on any atom is -0.299 e. The number of ketones is 1. The van der Waals surface area contributed by atoms with Crippen LogP contribution in [0.3, 0.4) is 0 Å². The summed E-state index contributed by atoms with van der Waals surface area (Å²) in [5.41, 5.74) is 3.29. The number of Topliss-reactive ketones (excluding diaryl/α,β-unsaturated/α-hetero) is 1. The molecule has 0 heterocycles. The molecule has 1 nitrogen and oxygen atoms in total. The number of carbonyl (C=O) groups is 1. The van der Waals surface area contributed by atoms with Gasteiger partial charge in [0.15, 0.2) is 11.6 Å². The van der Waals surface area contributed by atoms with Gasteiger partial charge in [0, 0.05) is 12.8 Å². The molecule has 104 valence electrons. The van der Waals surface area contributed by atoms with E-state index in [1.807, 2.05) is 32.0 Å². The van der Waals surface area contributed by atoms with Gasteiger partial charge < -0.3 is 0 Å². The first-order valence-corrected chi connectivity index (χ1v) is 6.48. The van der Waals surface area contributed by atoms with Crippen LogP contribution in [0.25, 0.3) is 0 Å². The summed E-state index contributed by atoms with van der Waals surface area (Å²) in [6.07, 6.45) is 0.146. The van der Waals surface area contributed by atoms with Gasteiger partial charge in [-0.15, -0.1) is 0 Å². The van der Waals surface area contributed by atoms with E-state index in [1.54, 1.807) is 0 Å². The molecule has 0 aliphatic rings. The van der Waals surface area contributed by atoms with Crippen LogP contribution in [0, 0.1) is 25.5 Å². The zero-order valence-corrected chi connectivity index (χ0v) is 11.5. The van der Waals surface area contributed by atoms with Crippen molar-refractivity contribution in [2.24, 2.45) is 0 Å². The number of rotatable bonds is 4. The quantitative estimate of drug-likeness (QED) is 0.825. The second-order valence-corrected chi connectivity index (χ2v) is 5.02. The van der Waals surface area contributed by atoms with Crippen molar-refractivity contribution in [2.45, 2.75) is 26.7 Å². The van der Waals surface area contributed by atoms with Crippen LogP contribution in [0.4, 0.5) is 8.78 Å². The lowest BCUT2D eigenvalue weighted by molar-refractivity contribution is -0.117. The predicted molar refractivity (Wildman–Crippen MR) is 74.7 cm³/mol. The van der Waals surface area contributed by atoms with Gasteiger partial charge in [-0.25, -0.2) is 8.78 Å². The molecule has 0 radical (unpaired) electrons. The van der Waals surface area contributed by atoms with Crippen LogP contribution in [0.1, 0.15) is 22.3 Å². The number of hydrogen-bond acceptors (Lipinski definition) is 1. The first-order valence-electron chi connectivity index (χ1n) is 6.48. The molecule has 0 amide bonds. The van der Waals surface area contributed by atoms with Crippen molar-refractivity contribution < 1.29 is 13.6 Å². The van der Waals surface area contributed by atoms with Crippen LogP contribution in [0.2, 0.25) is 0 Å². The molecule has 0 saturated heterocycles. The average Bonchev–Trinajstić information content (AvgIpc) is 2.39. The Labute approximate surface area is 117 Å². The molecule has 0 bridgehead atoms. The lowest BCUT2D eigenvalue weighted by Crippen LogP contribution is -2.09. The summed E-state index contributed by atoms with van der Waals surface area (Å²) in [4.78, 5) is 12.0. The van der Waals surface area contributed by atoms with Crippen LogP contribution in [0.5, 0.6) is 0 Å². The van der Waals surface area contributed by atoms with Crippen molar-refractivity contribution in [3.63, 3.8) is 0 Å². The number of hydrogen-bond donors (Lipinski definition) is 0. The van der Waals surface area contributed by atoms with Gasteiger partial charge in [-0.1, -0.05) is 30.3 Å². The van der Waals surface area contributed by atoms with Gasteiger partial charge in [0.1, 0.15) is 5.78 Å². The van der Waals surface area contributed by atoms with Gasteiger partial charge in [0.2, 0.25) is 0 Å². The minimum atomic E-state index is -0.930. The Morgan fingerprint density at radius 3 is 2.45 bits per heavy atom. The molecular formula is C17H16F2O. The van der Waals surface area contributed by atoms with Crippen molar-refractivity contribution in [1.82, 2.24) is 0 Å². The van der Waals surface area contributed by atoms with E-state index in [9.17, 15) is 13.6 Å². The number of carbonyl (C=O) groups excluding carboxylic acids is 1. The van der Waals surface area contributed by atoms with E-state index >= 15 is 0 Å². The molecule has 2 rings (SSSR count). The highest BCUT2D eigenvalue weighted by molar-refractivity contribution is 5.83. The molecule has 0 saturated carbocycles. The van der Waals surface area contributed by atoms with Crippen LogP contribution < -0.4 is 0 Å². The lowest BCUT2D eigenvalue weighted by Gasteiger charge is -2.06. The molecule has 0 N–H and O–H groups in total. The van der Waals surface area contributed by atoms with Crippen molar-refractivity contribution in [1.29, 1.82) is 0 Å². The van der Waals surface area contributed by atoms with Crippen molar-refractivity contribution >= 4 is 5.78 Å². The third-order valence-electron chi connectivity index (χ3n) is 3.39. The fourth-order valence-electron chi connectivity index (χ4n) is 2.10. The lowest BCUT2D eigenvalue weighted by atomic mass is 9.99. The molecule has 0 atom stereocenters. The fraction of sp³-hybridized carbons (Fsp3) is 0.235. The standard InChI is InChI=1S/C17H16F2O/c1-11-6-7-13(8-12(11)2)9-15(20)10-14-4-3-5-16(18)17(14)19/h3-8H,9-10H2,1-2H3. The fourth-order valence-corrected chi connectivity index (χ4v) is 2.10. The Morgan fingerprint density at radius 2 is 1.75 bits per heavy atom. The number of benzene rings is 2. The summed E-state index contributed by atoms with van der Waals surface area (Å²) < 4.78 is 26.6. The second kappa shape index (κ2) is 5.95. The summed E-state index contributed by atoms with van der Waals surface area (Å²) in [5, 5.41) is 0. The Morgan fingerprint density at radius 1 is 1.00 bits per heavy atom. The zero-order chi connectivity index (χ0) is 14.7. The molecule has 2 aromatic carbocycles. The van der Waals surface area contributed by atoms with Gasteiger partial charge in [0.25, 0.3) is 0 Å². The van der Waals surface area contributed by atoms with Gasteiger partial charge in [-0.2, -0.15) is 0 Å². The first kappa shape index (κ1) is 14.4. The highest BCUT2D eigenvalue weighted by Crippen LogP contribution is 2.15. The normalized spacial score (nSPS) is 10.6. The molecule has 0 unspecified atom stereocenters. The van der Waals surface area contributed by atoms with Crippen LogP contribution in [-0.4, -0.2) is 5.78 Å². The molecule has 0 fully saturated rings. The Hall–Kier alpha value is -2.03. The summed E-state index contributed by atoms with van der Waals surface area (Å²) in [6, 6.07) is 9.71. The Balaban J connectivity index is 2.09. The molecule has 0 aliphatic heterocycles. The monoisotopic (exact) mass is 274 g/mol. The predicted octanol–water partition coefficient (Wildman–Crippen LogP) is 3.94. The molecule has 3 heteroatoms. The van der Waals surface area contributed by atoms with E-state index in [0.29, 0.717) is 0 Å². The Kier molecular flexibility index (Phi) is 4.28. The van der Waals surface area contributed by atoms with E-state index in [0.717, 1.165) is 22.8 Å². The van der Waals surface area contributed by atoms with Crippen molar-refractivity contribution in [3.05, 3.63) is 70.3 Å². The highest BCUT2D eigenvalue weighted by atomic mass is 19.2.